The van der Waals surface area contributed by atoms with Gasteiger partial charge in [-0.1, -0.05) is 22.6 Å². The highest BCUT2D eigenvalue weighted by molar-refractivity contribution is 14.1. The van der Waals surface area contributed by atoms with Gasteiger partial charge < -0.3 is 9.64 Å². The van der Waals surface area contributed by atoms with Crippen LogP contribution in [0.25, 0.3) is 0 Å². The summed E-state index contributed by atoms with van der Waals surface area (Å²) >= 11 is 2.44. The van der Waals surface area contributed by atoms with Crippen molar-refractivity contribution < 1.29 is 4.74 Å². The molecular weight excluding hydrogens is 277 g/mol. The average Bonchev–Trinajstić information content (AvgIpc) is 2.02. The Bertz CT molecular complexity index is 151. The fourth-order valence-electron chi connectivity index (χ4n) is 1.40. The zero-order valence-electron chi connectivity index (χ0n) is 8.85. The summed E-state index contributed by atoms with van der Waals surface area (Å²) in [5, 5.41) is 0. The van der Waals surface area contributed by atoms with Crippen LogP contribution in [-0.2, 0) is 4.74 Å². The van der Waals surface area contributed by atoms with Crippen molar-refractivity contribution in [2.45, 2.75) is 38.3 Å². The van der Waals surface area contributed by atoms with Crippen molar-refractivity contribution in [3.8, 4) is 0 Å². The van der Waals surface area contributed by atoms with Gasteiger partial charge in [0.15, 0.2) is 0 Å². The molecule has 0 N–H and O–H groups in total. The first-order valence-electron chi connectivity index (χ1n) is 5.00. The molecule has 0 aromatic heterocycles. The third-order valence-corrected chi connectivity index (χ3v) is 4.40. The van der Waals surface area contributed by atoms with E-state index in [1.54, 1.807) is 0 Å². The first-order chi connectivity index (χ1) is 6.09. The molecule has 1 rings (SSSR count). The molecule has 0 saturated carbocycles. The van der Waals surface area contributed by atoms with Crippen molar-refractivity contribution in [3.63, 3.8) is 0 Å². The van der Waals surface area contributed by atoms with E-state index in [9.17, 15) is 0 Å². The van der Waals surface area contributed by atoms with Gasteiger partial charge in [0.1, 0.15) is 0 Å². The molecule has 1 atom stereocenters. The number of alkyl halides is 1. The SMILES string of the molecule is CC(C)N(C)CCC1(CI)CCO1. The van der Waals surface area contributed by atoms with Crippen molar-refractivity contribution in [2.24, 2.45) is 0 Å². The summed E-state index contributed by atoms with van der Waals surface area (Å²) < 4.78 is 6.80. The highest BCUT2D eigenvalue weighted by Gasteiger charge is 2.36. The second kappa shape index (κ2) is 4.94. The van der Waals surface area contributed by atoms with E-state index < -0.39 is 0 Å². The predicted octanol–water partition coefficient (Wildman–Crippen LogP) is 2.31. The first kappa shape index (κ1) is 11.7. The summed E-state index contributed by atoms with van der Waals surface area (Å²) in [4.78, 5) is 2.38. The molecule has 2 nitrogen and oxygen atoms in total. The fraction of sp³-hybridized carbons (Fsp3) is 1.00. The topological polar surface area (TPSA) is 12.5 Å². The van der Waals surface area contributed by atoms with Gasteiger partial charge >= 0.3 is 0 Å². The third kappa shape index (κ3) is 3.06. The van der Waals surface area contributed by atoms with Crippen LogP contribution in [0, 0.1) is 0 Å². The van der Waals surface area contributed by atoms with Gasteiger partial charge in [0.25, 0.3) is 0 Å². The number of ether oxygens (including phenoxy) is 1. The standard InChI is InChI=1S/C10H20INO/c1-9(2)12(3)6-4-10(8-11)5-7-13-10/h9H,4-8H2,1-3H3. The molecule has 78 valence electrons. The molecule has 13 heavy (non-hydrogen) atoms. The molecule has 0 aliphatic carbocycles. The van der Waals surface area contributed by atoms with Crippen LogP contribution < -0.4 is 0 Å². The maximum absolute atomic E-state index is 5.66. The maximum atomic E-state index is 5.66. The van der Waals surface area contributed by atoms with Crippen LogP contribution >= 0.6 is 22.6 Å². The smallest absolute Gasteiger partial charge is 0.0805 e. The Balaban J connectivity index is 2.24. The molecule has 0 aromatic carbocycles. The lowest BCUT2D eigenvalue weighted by molar-refractivity contribution is -0.135. The Morgan fingerprint density at radius 2 is 2.15 bits per heavy atom. The molecule has 0 radical (unpaired) electrons. The minimum atomic E-state index is 0.226. The number of rotatable bonds is 5. The summed E-state index contributed by atoms with van der Waals surface area (Å²) in [6.07, 6.45) is 2.44. The fourth-order valence-corrected chi connectivity index (χ4v) is 2.38. The van der Waals surface area contributed by atoms with Gasteiger partial charge in [-0.3, -0.25) is 0 Å². The lowest BCUT2D eigenvalue weighted by Gasteiger charge is -2.42. The Morgan fingerprint density at radius 1 is 1.54 bits per heavy atom. The lowest BCUT2D eigenvalue weighted by atomic mass is 9.93. The van der Waals surface area contributed by atoms with E-state index in [1.807, 2.05) is 0 Å². The van der Waals surface area contributed by atoms with Crippen LogP contribution in [0.2, 0.25) is 0 Å². The largest absolute Gasteiger partial charge is 0.374 e. The molecule has 1 unspecified atom stereocenters. The molecule has 1 aliphatic rings. The van der Waals surface area contributed by atoms with E-state index in [0.717, 1.165) is 17.6 Å². The molecule has 0 spiro atoms. The Hall–Kier alpha value is 0.650. The average molecular weight is 297 g/mol. The number of nitrogens with zero attached hydrogens (tertiary/aromatic N) is 1. The van der Waals surface area contributed by atoms with E-state index in [2.05, 4.69) is 48.4 Å². The van der Waals surface area contributed by atoms with E-state index >= 15 is 0 Å². The quantitative estimate of drug-likeness (QED) is 0.570. The third-order valence-electron chi connectivity index (χ3n) is 3.01. The van der Waals surface area contributed by atoms with Crippen LogP contribution in [0.1, 0.15) is 26.7 Å². The summed E-state index contributed by atoms with van der Waals surface area (Å²) in [6, 6.07) is 0.645. The number of hydrogen-bond acceptors (Lipinski definition) is 2. The van der Waals surface area contributed by atoms with E-state index in [-0.39, 0.29) is 5.60 Å². The minimum absolute atomic E-state index is 0.226. The van der Waals surface area contributed by atoms with E-state index in [1.165, 1.54) is 12.8 Å². The highest BCUT2D eigenvalue weighted by Crippen LogP contribution is 2.32. The van der Waals surface area contributed by atoms with Crippen molar-refractivity contribution in [1.82, 2.24) is 4.90 Å². The predicted molar refractivity (Wildman–Crippen MR) is 64.6 cm³/mol. The second-order valence-corrected chi connectivity index (χ2v) is 5.00. The minimum Gasteiger partial charge on any atom is -0.374 e. The first-order valence-corrected chi connectivity index (χ1v) is 6.52. The van der Waals surface area contributed by atoms with Gasteiger partial charge in [0.2, 0.25) is 0 Å². The molecule has 1 fully saturated rings. The van der Waals surface area contributed by atoms with Crippen molar-refractivity contribution >= 4 is 22.6 Å². The van der Waals surface area contributed by atoms with Gasteiger partial charge in [-0.05, 0) is 27.3 Å². The van der Waals surface area contributed by atoms with E-state index in [0.29, 0.717) is 6.04 Å². The Morgan fingerprint density at radius 3 is 2.46 bits per heavy atom. The zero-order chi connectivity index (χ0) is 9.90. The number of hydrogen-bond donors (Lipinski definition) is 0. The van der Waals surface area contributed by atoms with E-state index in [4.69, 9.17) is 4.74 Å². The summed E-state index contributed by atoms with van der Waals surface area (Å²) in [5.41, 5.74) is 0.226. The molecule has 0 amide bonds. The molecular formula is C10H20INO. The van der Waals surface area contributed by atoms with Gasteiger partial charge in [-0.15, -0.1) is 0 Å². The van der Waals surface area contributed by atoms with Crippen LogP contribution in [0.3, 0.4) is 0 Å². The molecule has 0 bridgehead atoms. The molecule has 1 heterocycles. The summed E-state index contributed by atoms with van der Waals surface area (Å²) in [7, 11) is 2.18. The summed E-state index contributed by atoms with van der Waals surface area (Å²) in [5.74, 6) is 0. The maximum Gasteiger partial charge on any atom is 0.0805 e. The molecule has 1 aliphatic heterocycles. The lowest BCUT2D eigenvalue weighted by Crippen LogP contribution is -2.47. The summed E-state index contributed by atoms with van der Waals surface area (Å²) in [6.45, 7) is 6.59. The van der Waals surface area contributed by atoms with Crippen LogP contribution in [0.15, 0.2) is 0 Å². The monoisotopic (exact) mass is 297 g/mol. The van der Waals surface area contributed by atoms with Crippen LogP contribution in [-0.4, -0.2) is 41.2 Å². The van der Waals surface area contributed by atoms with Gasteiger partial charge in [-0.25, -0.2) is 0 Å². The van der Waals surface area contributed by atoms with Crippen LogP contribution in [0.5, 0.6) is 0 Å². The van der Waals surface area contributed by atoms with Gasteiger partial charge in [0.05, 0.1) is 12.2 Å². The zero-order valence-corrected chi connectivity index (χ0v) is 11.0. The van der Waals surface area contributed by atoms with Crippen LogP contribution in [0.4, 0.5) is 0 Å². The Labute approximate surface area is 95.2 Å². The van der Waals surface area contributed by atoms with Crippen molar-refractivity contribution in [3.05, 3.63) is 0 Å². The normalized spacial score (nSPS) is 28.2. The highest BCUT2D eigenvalue weighted by atomic mass is 127. The van der Waals surface area contributed by atoms with Crippen molar-refractivity contribution in [1.29, 1.82) is 0 Å². The molecule has 3 heteroatoms. The second-order valence-electron chi connectivity index (χ2n) is 4.24. The van der Waals surface area contributed by atoms with Gasteiger partial charge in [-0.2, -0.15) is 0 Å². The molecule has 1 saturated heterocycles. The number of halogens is 1. The van der Waals surface area contributed by atoms with Gasteiger partial charge in [0, 0.05) is 23.4 Å². The van der Waals surface area contributed by atoms with Crippen molar-refractivity contribution in [2.75, 3.05) is 24.6 Å². The Kier molecular flexibility index (Phi) is 4.45. The molecule has 0 aromatic rings.